The molecule has 0 aliphatic carbocycles. The minimum Gasteiger partial charge on any atom is -0.314 e. The molecule has 0 spiro atoms. The summed E-state index contributed by atoms with van der Waals surface area (Å²) in [6, 6.07) is 8.11. The molecule has 6 heteroatoms. The molecule has 124 valence electrons. The first kappa shape index (κ1) is 19.7. The third kappa shape index (κ3) is 3.93. The molecular formula is C16H30ClNOSi3. The molecule has 2 nitrogen and oxygen atoms in total. The van der Waals surface area contributed by atoms with Crippen LogP contribution in [0.3, 0.4) is 0 Å². The fourth-order valence-electron chi connectivity index (χ4n) is 3.05. The van der Waals surface area contributed by atoms with Gasteiger partial charge in [0.05, 0.1) is 15.2 Å². The van der Waals surface area contributed by atoms with Crippen LogP contribution in [0.25, 0.3) is 0 Å². The molecule has 1 amide bonds. The highest BCUT2D eigenvalue weighted by Gasteiger charge is 2.55. The number of nitrogens with zero attached hydrogens (tertiary/aromatic N) is 1. The molecule has 0 fully saturated rings. The number of hydrogen-bond donors (Lipinski definition) is 0. The Hall–Kier alpha value is -0.369. The lowest BCUT2D eigenvalue weighted by atomic mass is 10.2. The van der Waals surface area contributed by atoms with E-state index in [0.717, 1.165) is 17.4 Å². The average Bonchev–Trinajstić information content (AvgIpc) is 2.33. The van der Waals surface area contributed by atoms with E-state index in [9.17, 15) is 4.79 Å². The molecule has 0 N–H and O–H groups in total. The van der Waals surface area contributed by atoms with Crippen molar-refractivity contribution in [2.24, 2.45) is 0 Å². The second kappa shape index (κ2) is 6.63. The molecular weight excluding hydrogens is 342 g/mol. The first-order valence-corrected chi connectivity index (χ1v) is 20.1. The summed E-state index contributed by atoms with van der Waals surface area (Å²) in [7, 11) is -3.07. The van der Waals surface area contributed by atoms with Crippen LogP contribution in [0, 0.1) is 6.92 Å². The lowest BCUT2D eigenvalue weighted by Gasteiger charge is -2.47. The lowest BCUT2D eigenvalue weighted by Crippen LogP contribution is -2.73. The summed E-state index contributed by atoms with van der Waals surface area (Å²) in [5.74, 6) is 0.100. The summed E-state index contributed by atoms with van der Waals surface area (Å²) in [6.07, 6.45) is -1.28. The summed E-state index contributed by atoms with van der Waals surface area (Å²) in [4.78, 5) is 14.3. The Balaban J connectivity index is 3.36. The van der Waals surface area contributed by atoms with E-state index in [-0.39, 0.29) is 5.91 Å². The van der Waals surface area contributed by atoms with Gasteiger partial charge in [-0.1, -0.05) is 57.5 Å². The van der Waals surface area contributed by atoms with E-state index in [1.807, 2.05) is 23.1 Å². The van der Waals surface area contributed by atoms with Crippen molar-refractivity contribution in [2.75, 3.05) is 11.1 Å². The van der Waals surface area contributed by atoms with Crippen molar-refractivity contribution in [2.45, 2.75) is 53.1 Å². The zero-order chi connectivity index (χ0) is 17.3. The van der Waals surface area contributed by atoms with Gasteiger partial charge in [0, 0.05) is 18.8 Å². The molecule has 0 radical (unpaired) electrons. The van der Waals surface area contributed by atoms with Crippen molar-refractivity contribution in [3.8, 4) is 0 Å². The fourth-order valence-corrected chi connectivity index (χ4v) is 38.2. The van der Waals surface area contributed by atoms with Gasteiger partial charge in [0.1, 0.15) is 0 Å². The number of amides is 1. The lowest BCUT2D eigenvalue weighted by molar-refractivity contribution is -0.116. The SMILES string of the molecule is CC(=O)N(C[Si](Cl)([Si](C)(C)C)[Si](C)(C)C)c1ccccc1C. The number of anilines is 1. The van der Waals surface area contributed by atoms with Crippen molar-refractivity contribution in [3.63, 3.8) is 0 Å². The fraction of sp³-hybridized carbons (Fsp3) is 0.562. The molecule has 0 aliphatic heterocycles. The van der Waals surface area contributed by atoms with Crippen LogP contribution in [-0.2, 0) is 4.79 Å². The van der Waals surface area contributed by atoms with Gasteiger partial charge in [-0.15, -0.1) is 0 Å². The van der Waals surface area contributed by atoms with Gasteiger partial charge < -0.3 is 4.90 Å². The van der Waals surface area contributed by atoms with Crippen LogP contribution >= 0.6 is 11.1 Å². The second-order valence-corrected chi connectivity index (χ2v) is 38.6. The normalized spacial score (nSPS) is 13.1. The number of carbonyl (C=O) groups is 1. The van der Waals surface area contributed by atoms with Gasteiger partial charge in [-0.3, -0.25) is 4.79 Å². The van der Waals surface area contributed by atoms with Crippen molar-refractivity contribution in [1.29, 1.82) is 0 Å². The average molecular weight is 372 g/mol. The number of aryl methyl sites for hydroxylation is 1. The van der Waals surface area contributed by atoms with E-state index in [2.05, 4.69) is 52.3 Å². The van der Waals surface area contributed by atoms with E-state index in [1.165, 1.54) is 0 Å². The predicted molar refractivity (Wildman–Crippen MR) is 108 cm³/mol. The predicted octanol–water partition coefficient (Wildman–Crippen LogP) is 4.90. The van der Waals surface area contributed by atoms with E-state index in [1.54, 1.807) is 6.92 Å². The second-order valence-electron chi connectivity index (χ2n) is 8.19. The van der Waals surface area contributed by atoms with Crippen LogP contribution < -0.4 is 4.90 Å². The van der Waals surface area contributed by atoms with Gasteiger partial charge >= 0.3 is 0 Å². The number of rotatable bonds is 5. The Morgan fingerprint density at radius 3 is 1.86 bits per heavy atom. The topological polar surface area (TPSA) is 20.3 Å². The van der Waals surface area contributed by atoms with Gasteiger partial charge in [0.2, 0.25) is 5.91 Å². The van der Waals surface area contributed by atoms with Gasteiger partial charge in [-0.05, 0) is 18.6 Å². The number of halogens is 1. The molecule has 0 saturated carbocycles. The maximum Gasteiger partial charge on any atom is 0.223 e. The van der Waals surface area contributed by atoms with E-state index in [4.69, 9.17) is 11.1 Å². The Labute approximate surface area is 143 Å². The monoisotopic (exact) mass is 371 g/mol. The minimum absolute atomic E-state index is 0.100. The number of para-hydroxylation sites is 1. The van der Waals surface area contributed by atoms with Gasteiger partial charge in [0.25, 0.3) is 0 Å². The molecule has 0 aromatic heterocycles. The molecule has 0 bridgehead atoms. The summed E-state index contributed by atoms with van der Waals surface area (Å²) < 4.78 is 0. The molecule has 0 heterocycles. The summed E-state index contributed by atoms with van der Waals surface area (Å²) >= 11 is 7.40. The van der Waals surface area contributed by atoms with Crippen molar-refractivity contribution in [3.05, 3.63) is 29.8 Å². The standard InChI is InChI=1S/C16H30ClNOSi3/c1-14-11-9-10-12-16(14)18(15(2)19)13-22(17,20(3,4)5)21(6,7)8/h9-12H,13H2,1-8H3. The summed E-state index contributed by atoms with van der Waals surface area (Å²) in [5, 5.41) is 0. The van der Waals surface area contributed by atoms with Crippen molar-refractivity contribution < 1.29 is 4.79 Å². The quantitative estimate of drug-likeness (QED) is 0.532. The van der Waals surface area contributed by atoms with Crippen molar-refractivity contribution >= 4 is 44.3 Å². The van der Waals surface area contributed by atoms with Crippen LogP contribution in [0.15, 0.2) is 24.3 Å². The minimum atomic E-state index is -2.03. The highest BCUT2D eigenvalue weighted by molar-refractivity contribution is 7.82. The van der Waals surface area contributed by atoms with Crippen molar-refractivity contribution in [1.82, 2.24) is 0 Å². The highest BCUT2D eigenvalue weighted by Crippen LogP contribution is 2.35. The molecule has 1 rings (SSSR count). The van der Waals surface area contributed by atoms with Crippen LogP contribution in [0.1, 0.15) is 12.5 Å². The van der Waals surface area contributed by atoms with Gasteiger partial charge in [-0.25, -0.2) is 0 Å². The Kier molecular flexibility index (Phi) is 5.93. The van der Waals surface area contributed by atoms with Gasteiger partial charge in [-0.2, -0.15) is 11.1 Å². The van der Waals surface area contributed by atoms with E-state index < -0.39 is 21.6 Å². The molecule has 0 saturated heterocycles. The smallest absolute Gasteiger partial charge is 0.223 e. The van der Waals surface area contributed by atoms with Crippen LogP contribution in [-0.4, -0.2) is 33.7 Å². The maximum atomic E-state index is 12.3. The third-order valence-corrected chi connectivity index (χ3v) is 49.3. The molecule has 1 aromatic carbocycles. The Morgan fingerprint density at radius 1 is 1.05 bits per heavy atom. The highest BCUT2D eigenvalue weighted by atomic mass is 35.6. The van der Waals surface area contributed by atoms with E-state index in [0.29, 0.717) is 0 Å². The maximum absolute atomic E-state index is 12.3. The van der Waals surface area contributed by atoms with Crippen LogP contribution in [0.4, 0.5) is 5.69 Å². The number of benzene rings is 1. The van der Waals surface area contributed by atoms with Gasteiger partial charge in [0.15, 0.2) is 6.42 Å². The van der Waals surface area contributed by atoms with Crippen LogP contribution in [0.2, 0.25) is 39.3 Å². The molecule has 1 aromatic rings. The molecule has 22 heavy (non-hydrogen) atoms. The first-order valence-electron chi connectivity index (χ1n) is 7.84. The zero-order valence-electron chi connectivity index (χ0n) is 15.2. The third-order valence-electron chi connectivity index (χ3n) is 4.54. The van der Waals surface area contributed by atoms with E-state index >= 15 is 0 Å². The number of carbonyl (C=O) groups excluding carboxylic acids is 1. The zero-order valence-corrected chi connectivity index (χ0v) is 19.0. The molecule has 0 unspecified atom stereocenters. The Morgan fingerprint density at radius 2 is 1.50 bits per heavy atom. The molecule has 0 atom stereocenters. The van der Waals surface area contributed by atoms with Crippen LogP contribution in [0.5, 0.6) is 0 Å². The molecule has 0 aliphatic rings. The first-order chi connectivity index (χ1) is 9.81. The largest absolute Gasteiger partial charge is 0.314 e. The number of hydrogen-bond acceptors (Lipinski definition) is 1. The summed E-state index contributed by atoms with van der Waals surface area (Å²) in [6.45, 7) is 18.0. The Bertz CT molecular complexity index is 535. The summed E-state index contributed by atoms with van der Waals surface area (Å²) in [5.41, 5.74) is 2.15.